The molecule has 0 aromatic heterocycles. The molecule has 4 nitrogen and oxygen atoms in total. The smallest absolute Gasteiger partial charge is 0.195 e. The van der Waals surface area contributed by atoms with E-state index >= 15 is 0 Å². The van der Waals surface area contributed by atoms with E-state index in [4.69, 9.17) is 15.2 Å². The first-order chi connectivity index (χ1) is 10.2. The van der Waals surface area contributed by atoms with Crippen LogP contribution in [0, 0.1) is 0 Å². The molecule has 0 bridgehead atoms. The Morgan fingerprint density at radius 3 is 2.14 bits per heavy atom. The van der Waals surface area contributed by atoms with Gasteiger partial charge in [-0.3, -0.25) is 4.79 Å². The first kappa shape index (κ1) is 14.9. The third kappa shape index (κ3) is 3.34. The topological polar surface area (TPSA) is 61.5 Å². The normalized spacial score (nSPS) is 10.2. The predicted molar refractivity (Wildman–Crippen MR) is 83.1 cm³/mol. The predicted octanol–water partition coefficient (Wildman–Crippen LogP) is 3.30. The van der Waals surface area contributed by atoms with Gasteiger partial charge in [0.25, 0.3) is 0 Å². The maximum absolute atomic E-state index is 12.5. The first-order valence-corrected chi connectivity index (χ1v) is 6.96. The van der Waals surface area contributed by atoms with Crippen molar-refractivity contribution in [2.45, 2.75) is 13.8 Å². The fraction of sp³-hybridized carbons (Fsp3) is 0.235. The van der Waals surface area contributed by atoms with Crippen LogP contribution >= 0.6 is 0 Å². The molecule has 0 unspecified atom stereocenters. The number of carbonyl (C=O) groups is 1. The number of carbonyl (C=O) groups excluding carboxylic acids is 1. The third-order valence-electron chi connectivity index (χ3n) is 3.00. The Bertz CT molecular complexity index is 623. The van der Waals surface area contributed by atoms with Gasteiger partial charge in [0.15, 0.2) is 17.3 Å². The van der Waals surface area contributed by atoms with Crippen LogP contribution in [-0.4, -0.2) is 19.0 Å². The summed E-state index contributed by atoms with van der Waals surface area (Å²) in [5, 5.41) is 0. The molecule has 0 heterocycles. The van der Waals surface area contributed by atoms with Gasteiger partial charge in [0.05, 0.1) is 13.2 Å². The maximum atomic E-state index is 12.5. The molecule has 0 spiro atoms. The summed E-state index contributed by atoms with van der Waals surface area (Å²) >= 11 is 0. The van der Waals surface area contributed by atoms with Crippen LogP contribution in [0.25, 0.3) is 0 Å². The van der Waals surface area contributed by atoms with E-state index < -0.39 is 0 Å². The molecule has 0 saturated heterocycles. The van der Waals surface area contributed by atoms with Crippen molar-refractivity contribution in [1.82, 2.24) is 0 Å². The molecule has 0 radical (unpaired) electrons. The van der Waals surface area contributed by atoms with Crippen molar-refractivity contribution < 1.29 is 14.3 Å². The molecule has 2 N–H and O–H groups in total. The van der Waals surface area contributed by atoms with Crippen LogP contribution in [0.1, 0.15) is 29.8 Å². The lowest BCUT2D eigenvalue weighted by Crippen LogP contribution is -2.08. The number of benzene rings is 2. The second-order valence-electron chi connectivity index (χ2n) is 4.45. The largest absolute Gasteiger partial charge is 0.490 e. The molecule has 21 heavy (non-hydrogen) atoms. The van der Waals surface area contributed by atoms with Gasteiger partial charge >= 0.3 is 0 Å². The average Bonchev–Trinajstić information content (AvgIpc) is 2.50. The highest BCUT2D eigenvalue weighted by Gasteiger charge is 2.17. The fourth-order valence-corrected chi connectivity index (χ4v) is 2.05. The van der Waals surface area contributed by atoms with E-state index in [0.717, 1.165) is 0 Å². The summed E-state index contributed by atoms with van der Waals surface area (Å²) in [7, 11) is 0. The number of hydrogen-bond donors (Lipinski definition) is 1. The van der Waals surface area contributed by atoms with Gasteiger partial charge in [-0.15, -0.1) is 0 Å². The second kappa shape index (κ2) is 6.79. The number of ketones is 1. The SMILES string of the molecule is CCOc1cc(N)c(C(=O)c2ccccc2)cc1OCC. The summed E-state index contributed by atoms with van der Waals surface area (Å²) in [4.78, 5) is 12.5. The molecule has 110 valence electrons. The lowest BCUT2D eigenvalue weighted by atomic mass is 10.0. The zero-order valence-corrected chi connectivity index (χ0v) is 12.3. The highest BCUT2D eigenvalue weighted by atomic mass is 16.5. The lowest BCUT2D eigenvalue weighted by Gasteiger charge is -2.14. The van der Waals surface area contributed by atoms with E-state index in [9.17, 15) is 4.79 Å². The van der Waals surface area contributed by atoms with Gasteiger partial charge in [0.1, 0.15) is 0 Å². The van der Waals surface area contributed by atoms with Crippen molar-refractivity contribution >= 4 is 11.5 Å². The minimum atomic E-state index is -0.128. The van der Waals surface area contributed by atoms with Crippen molar-refractivity contribution in [3.63, 3.8) is 0 Å². The van der Waals surface area contributed by atoms with E-state index in [-0.39, 0.29) is 5.78 Å². The van der Waals surface area contributed by atoms with E-state index in [0.29, 0.717) is 41.5 Å². The van der Waals surface area contributed by atoms with Crippen molar-refractivity contribution in [3.05, 3.63) is 53.6 Å². The van der Waals surface area contributed by atoms with Crippen LogP contribution in [0.5, 0.6) is 11.5 Å². The number of nitrogen functional groups attached to an aromatic ring is 1. The number of hydrogen-bond acceptors (Lipinski definition) is 4. The van der Waals surface area contributed by atoms with Crippen molar-refractivity contribution in [3.8, 4) is 11.5 Å². The Hall–Kier alpha value is -2.49. The van der Waals surface area contributed by atoms with Gasteiger partial charge < -0.3 is 15.2 Å². The molecule has 2 aromatic carbocycles. The van der Waals surface area contributed by atoms with Crippen LogP contribution in [0.2, 0.25) is 0 Å². The summed E-state index contributed by atoms with van der Waals surface area (Å²) in [6.07, 6.45) is 0. The van der Waals surface area contributed by atoms with Crippen molar-refractivity contribution in [2.24, 2.45) is 0 Å². The van der Waals surface area contributed by atoms with Gasteiger partial charge in [-0.25, -0.2) is 0 Å². The number of nitrogens with two attached hydrogens (primary N) is 1. The van der Waals surface area contributed by atoms with Crippen molar-refractivity contribution in [2.75, 3.05) is 18.9 Å². The van der Waals surface area contributed by atoms with Crippen LogP contribution in [0.3, 0.4) is 0 Å². The highest BCUT2D eigenvalue weighted by Crippen LogP contribution is 2.33. The van der Waals surface area contributed by atoms with Gasteiger partial charge in [-0.1, -0.05) is 30.3 Å². The standard InChI is InChI=1S/C17H19NO3/c1-3-20-15-10-13(14(18)11-16(15)21-4-2)17(19)12-8-6-5-7-9-12/h5-11H,3-4,18H2,1-2H3. The molecule has 0 saturated carbocycles. The molecule has 0 aliphatic heterocycles. The Kier molecular flexibility index (Phi) is 4.82. The number of rotatable bonds is 6. The van der Waals surface area contributed by atoms with Gasteiger partial charge in [-0.2, -0.15) is 0 Å². The first-order valence-electron chi connectivity index (χ1n) is 6.96. The van der Waals surface area contributed by atoms with Crippen LogP contribution < -0.4 is 15.2 Å². The zero-order chi connectivity index (χ0) is 15.2. The summed E-state index contributed by atoms with van der Waals surface area (Å²) in [6.45, 7) is 4.76. The molecule has 0 aliphatic rings. The van der Waals surface area contributed by atoms with E-state index in [1.165, 1.54) is 0 Å². The molecule has 2 aromatic rings. The minimum absolute atomic E-state index is 0.128. The Morgan fingerprint density at radius 2 is 1.57 bits per heavy atom. The Morgan fingerprint density at radius 1 is 1.00 bits per heavy atom. The lowest BCUT2D eigenvalue weighted by molar-refractivity contribution is 0.103. The average molecular weight is 285 g/mol. The molecule has 0 aliphatic carbocycles. The molecular weight excluding hydrogens is 266 g/mol. The van der Waals surface area contributed by atoms with Crippen molar-refractivity contribution in [1.29, 1.82) is 0 Å². The molecule has 0 fully saturated rings. The van der Waals surface area contributed by atoms with E-state index in [2.05, 4.69) is 0 Å². The summed E-state index contributed by atoms with van der Waals surface area (Å²) in [5.41, 5.74) is 7.40. The maximum Gasteiger partial charge on any atom is 0.195 e. The molecule has 0 atom stereocenters. The quantitative estimate of drug-likeness (QED) is 0.653. The van der Waals surface area contributed by atoms with E-state index in [1.54, 1.807) is 24.3 Å². The monoisotopic (exact) mass is 285 g/mol. The third-order valence-corrected chi connectivity index (χ3v) is 3.00. The van der Waals surface area contributed by atoms with Gasteiger partial charge in [-0.05, 0) is 19.9 Å². The summed E-state index contributed by atoms with van der Waals surface area (Å²) < 4.78 is 11.0. The van der Waals surface area contributed by atoms with Crippen LogP contribution in [0.15, 0.2) is 42.5 Å². The highest BCUT2D eigenvalue weighted by molar-refractivity contribution is 6.12. The summed E-state index contributed by atoms with van der Waals surface area (Å²) in [6, 6.07) is 12.3. The Labute approximate surface area is 124 Å². The molecule has 0 amide bonds. The molecule has 2 rings (SSSR count). The number of anilines is 1. The second-order valence-corrected chi connectivity index (χ2v) is 4.45. The van der Waals surface area contributed by atoms with Crippen LogP contribution in [-0.2, 0) is 0 Å². The molecule has 4 heteroatoms. The number of ether oxygens (including phenoxy) is 2. The molecular formula is C17H19NO3. The fourth-order valence-electron chi connectivity index (χ4n) is 2.05. The van der Waals surface area contributed by atoms with Gasteiger partial charge in [0.2, 0.25) is 0 Å². The zero-order valence-electron chi connectivity index (χ0n) is 12.3. The Balaban J connectivity index is 2.44. The van der Waals surface area contributed by atoms with Gasteiger partial charge in [0, 0.05) is 22.9 Å². The van der Waals surface area contributed by atoms with E-state index in [1.807, 2.05) is 32.0 Å². The summed E-state index contributed by atoms with van der Waals surface area (Å²) in [5.74, 6) is 0.964. The minimum Gasteiger partial charge on any atom is -0.490 e. The van der Waals surface area contributed by atoms with Crippen LogP contribution in [0.4, 0.5) is 5.69 Å².